The lowest BCUT2D eigenvalue weighted by atomic mass is 10.4. The summed E-state index contributed by atoms with van der Waals surface area (Å²) < 4.78 is 28.6. The second kappa shape index (κ2) is 5.12. The van der Waals surface area contributed by atoms with Gasteiger partial charge in [-0.2, -0.15) is 0 Å². The van der Waals surface area contributed by atoms with Crippen LogP contribution in [-0.4, -0.2) is 26.2 Å². The highest BCUT2D eigenvalue weighted by molar-refractivity contribution is 7.92. The fourth-order valence-electron chi connectivity index (χ4n) is 1.20. The van der Waals surface area contributed by atoms with Crippen molar-refractivity contribution in [1.82, 2.24) is 0 Å². The summed E-state index contributed by atoms with van der Waals surface area (Å²) >= 11 is 0. The van der Waals surface area contributed by atoms with E-state index in [9.17, 15) is 13.2 Å². The summed E-state index contributed by atoms with van der Waals surface area (Å²) in [5.41, 5.74) is 0. The Bertz CT molecular complexity index is 450. The molecule has 0 saturated heterocycles. The first-order valence-corrected chi connectivity index (χ1v) is 6.50. The van der Waals surface area contributed by atoms with Crippen LogP contribution in [0, 0.1) is 0 Å². The maximum Gasteiger partial charge on any atom is 0.324 e. The zero-order valence-electron chi connectivity index (χ0n) is 9.21. The van der Waals surface area contributed by atoms with E-state index >= 15 is 0 Å². The molecule has 0 saturated carbocycles. The highest BCUT2D eigenvalue weighted by atomic mass is 32.2. The van der Waals surface area contributed by atoms with Crippen LogP contribution >= 0.6 is 0 Å². The van der Waals surface area contributed by atoms with Gasteiger partial charge in [-0.25, -0.2) is 8.42 Å². The van der Waals surface area contributed by atoms with Gasteiger partial charge in [0.15, 0.2) is 15.1 Å². The number of rotatable bonds is 4. The highest BCUT2D eigenvalue weighted by Gasteiger charge is 2.30. The van der Waals surface area contributed by atoms with E-state index in [-0.39, 0.29) is 11.5 Å². The zero-order valence-corrected chi connectivity index (χ0v) is 10.0. The minimum absolute atomic E-state index is 0.135. The molecular formula is C11H14O4S. The third-order valence-corrected chi connectivity index (χ3v) is 4.21. The number of benzene rings is 1. The van der Waals surface area contributed by atoms with Crippen molar-refractivity contribution in [2.24, 2.45) is 0 Å². The second-order valence-electron chi connectivity index (χ2n) is 3.25. The molecule has 0 spiro atoms. The molecule has 88 valence electrons. The quantitative estimate of drug-likeness (QED) is 0.749. The van der Waals surface area contributed by atoms with Crippen LogP contribution in [-0.2, 0) is 19.4 Å². The Hall–Kier alpha value is -1.36. The normalized spacial score (nSPS) is 13.1. The first-order valence-electron chi connectivity index (χ1n) is 4.95. The Morgan fingerprint density at radius 2 is 1.88 bits per heavy atom. The molecule has 1 aromatic carbocycles. The molecule has 0 radical (unpaired) electrons. The number of sulfone groups is 1. The van der Waals surface area contributed by atoms with Gasteiger partial charge < -0.3 is 4.74 Å². The molecule has 0 aliphatic carbocycles. The fraction of sp³-hybridized carbons (Fsp3) is 0.364. The van der Waals surface area contributed by atoms with E-state index in [1.165, 1.54) is 19.1 Å². The molecule has 5 heteroatoms. The Labute approximate surface area is 95.2 Å². The Morgan fingerprint density at radius 1 is 1.31 bits per heavy atom. The van der Waals surface area contributed by atoms with Gasteiger partial charge in [-0.15, -0.1) is 0 Å². The molecule has 1 rings (SSSR count). The first-order chi connectivity index (χ1) is 7.50. The van der Waals surface area contributed by atoms with Crippen LogP contribution in [0.3, 0.4) is 0 Å². The zero-order chi connectivity index (χ0) is 12.2. The van der Waals surface area contributed by atoms with Crippen molar-refractivity contribution < 1.29 is 17.9 Å². The van der Waals surface area contributed by atoms with Gasteiger partial charge in [-0.05, 0) is 26.0 Å². The number of esters is 1. The molecule has 0 aromatic heterocycles. The van der Waals surface area contributed by atoms with E-state index in [0.29, 0.717) is 0 Å². The van der Waals surface area contributed by atoms with Crippen LogP contribution in [0.4, 0.5) is 0 Å². The largest absolute Gasteiger partial charge is 0.465 e. The van der Waals surface area contributed by atoms with Gasteiger partial charge in [0, 0.05) is 0 Å². The van der Waals surface area contributed by atoms with Gasteiger partial charge in [-0.1, -0.05) is 18.2 Å². The maximum atomic E-state index is 11.9. The molecule has 1 atom stereocenters. The molecule has 0 heterocycles. The van der Waals surface area contributed by atoms with Crippen molar-refractivity contribution >= 4 is 15.8 Å². The van der Waals surface area contributed by atoms with Gasteiger partial charge >= 0.3 is 5.97 Å². The van der Waals surface area contributed by atoms with Crippen molar-refractivity contribution in [1.29, 1.82) is 0 Å². The number of hydrogen-bond acceptors (Lipinski definition) is 4. The molecule has 0 bridgehead atoms. The van der Waals surface area contributed by atoms with E-state index < -0.39 is 21.1 Å². The van der Waals surface area contributed by atoms with Crippen molar-refractivity contribution in [2.45, 2.75) is 24.0 Å². The number of hydrogen-bond donors (Lipinski definition) is 0. The number of carbonyl (C=O) groups is 1. The summed E-state index contributed by atoms with van der Waals surface area (Å²) in [5.74, 6) is -0.716. The molecule has 1 unspecified atom stereocenters. The van der Waals surface area contributed by atoms with Gasteiger partial charge in [-0.3, -0.25) is 4.79 Å². The molecule has 0 aliphatic rings. The highest BCUT2D eigenvalue weighted by Crippen LogP contribution is 2.16. The molecule has 0 aliphatic heterocycles. The van der Waals surface area contributed by atoms with Crippen LogP contribution in [0.2, 0.25) is 0 Å². The Balaban J connectivity index is 2.99. The topological polar surface area (TPSA) is 60.4 Å². The second-order valence-corrected chi connectivity index (χ2v) is 5.52. The monoisotopic (exact) mass is 242 g/mol. The molecule has 16 heavy (non-hydrogen) atoms. The van der Waals surface area contributed by atoms with Crippen molar-refractivity contribution in [3.63, 3.8) is 0 Å². The molecule has 0 fully saturated rings. The minimum atomic E-state index is -3.63. The minimum Gasteiger partial charge on any atom is -0.465 e. The average Bonchev–Trinajstić information content (AvgIpc) is 2.29. The summed E-state index contributed by atoms with van der Waals surface area (Å²) in [4.78, 5) is 11.5. The SMILES string of the molecule is CCOC(=O)C(C)S(=O)(=O)c1ccccc1. The molecule has 4 nitrogen and oxygen atoms in total. The molecule has 1 aromatic rings. The summed E-state index contributed by atoms with van der Waals surface area (Å²) in [5, 5.41) is -1.17. The van der Waals surface area contributed by atoms with E-state index in [1.807, 2.05) is 0 Å². The van der Waals surface area contributed by atoms with Crippen molar-refractivity contribution in [3.8, 4) is 0 Å². The van der Waals surface area contributed by atoms with E-state index in [1.54, 1.807) is 25.1 Å². The number of ether oxygens (including phenoxy) is 1. The predicted molar refractivity (Wildman–Crippen MR) is 59.7 cm³/mol. The lowest BCUT2D eigenvalue weighted by molar-refractivity contribution is -0.142. The lowest BCUT2D eigenvalue weighted by Gasteiger charge is -2.11. The third kappa shape index (κ3) is 2.61. The lowest BCUT2D eigenvalue weighted by Crippen LogP contribution is -2.29. The molecule has 0 N–H and O–H groups in total. The number of carbonyl (C=O) groups excluding carboxylic acids is 1. The van der Waals surface area contributed by atoms with Gasteiger partial charge in [0.25, 0.3) is 0 Å². The maximum absolute atomic E-state index is 11.9. The van der Waals surface area contributed by atoms with Crippen LogP contribution < -0.4 is 0 Å². The summed E-state index contributed by atoms with van der Waals surface area (Å²) in [6, 6.07) is 7.87. The predicted octanol–water partition coefficient (Wildman–Crippen LogP) is 1.41. The summed E-state index contributed by atoms with van der Waals surface area (Å²) in [7, 11) is -3.63. The molecule has 0 amide bonds. The van der Waals surface area contributed by atoms with Crippen molar-refractivity contribution in [3.05, 3.63) is 30.3 Å². The Morgan fingerprint density at radius 3 is 2.38 bits per heavy atom. The standard InChI is InChI=1S/C11H14O4S/c1-3-15-11(12)9(2)16(13,14)10-7-5-4-6-8-10/h4-9H,3H2,1-2H3. The van der Waals surface area contributed by atoms with Gasteiger partial charge in [0.1, 0.15) is 0 Å². The van der Waals surface area contributed by atoms with E-state index in [0.717, 1.165) is 0 Å². The van der Waals surface area contributed by atoms with E-state index in [4.69, 9.17) is 4.74 Å². The van der Waals surface area contributed by atoms with Crippen LogP contribution in [0.1, 0.15) is 13.8 Å². The smallest absolute Gasteiger partial charge is 0.324 e. The van der Waals surface area contributed by atoms with Crippen LogP contribution in [0.5, 0.6) is 0 Å². The molecular weight excluding hydrogens is 228 g/mol. The van der Waals surface area contributed by atoms with Crippen LogP contribution in [0.15, 0.2) is 35.2 Å². The average molecular weight is 242 g/mol. The van der Waals surface area contributed by atoms with E-state index in [2.05, 4.69) is 0 Å². The van der Waals surface area contributed by atoms with Gasteiger partial charge in [0.2, 0.25) is 0 Å². The first kappa shape index (κ1) is 12.7. The Kier molecular flexibility index (Phi) is 4.06. The van der Waals surface area contributed by atoms with Gasteiger partial charge in [0.05, 0.1) is 11.5 Å². The fourth-order valence-corrected chi connectivity index (χ4v) is 2.47. The van der Waals surface area contributed by atoms with Crippen molar-refractivity contribution in [2.75, 3.05) is 6.61 Å². The summed E-state index contributed by atoms with van der Waals surface area (Å²) in [6.07, 6.45) is 0. The van der Waals surface area contributed by atoms with Crippen LogP contribution in [0.25, 0.3) is 0 Å². The third-order valence-electron chi connectivity index (χ3n) is 2.16. The summed E-state index contributed by atoms with van der Waals surface area (Å²) in [6.45, 7) is 3.15.